The van der Waals surface area contributed by atoms with Crippen molar-refractivity contribution in [2.24, 2.45) is 5.92 Å². The van der Waals surface area contributed by atoms with E-state index < -0.39 is 15.8 Å². The standard InChI is InChI=1S/C24H28FN3O5S/c25-18-7-9-20(10-8-18)34(31,32)28-13-11-17(12-14-28)23(29)27-22-6-2-1-5-21(22)24(30)26-16-19-4-3-15-33-19/h1-2,5-10,17,19H,3-4,11-16H2,(H,26,30)(H,27,29). The molecule has 2 aromatic carbocycles. The predicted molar refractivity (Wildman–Crippen MR) is 124 cm³/mol. The molecule has 1 atom stereocenters. The molecule has 2 amide bonds. The zero-order valence-electron chi connectivity index (χ0n) is 18.7. The van der Waals surface area contributed by atoms with Gasteiger partial charge in [-0.1, -0.05) is 12.1 Å². The number of piperidine rings is 1. The Kier molecular flexibility index (Phi) is 7.60. The second-order valence-electron chi connectivity index (χ2n) is 8.51. The average molecular weight is 490 g/mol. The number of carbonyl (C=O) groups excluding carboxylic acids is 2. The molecule has 0 spiro atoms. The third-order valence-electron chi connectivity index (χ3n) is 6.22. The minimum atomic E-state index is -3.75. The Bertz CT molecular complexity index is 1130. The molecule has 0 aromatic heterocycles. The highest BCUT2D eigenvalue weighted by Gasteiger charge is 2.32. The number of rotatable bonds is 7. The van der Waals surface area contributed by atoms with Gasteiger partial charge in [-0.3, -0.25) is 9.59 Å². The molecule has 0 saturated carbocycles. The van der Waals surface area contributed by atoms with Crippen LogP contribution in [-0.4, -0.2) is 56.9 Å². The van der Waals surface area contributed by atoms with Crippen LogP contribution in [0.1, 0.15) is 36.0 Å². The molecule has 2 N–H and O–H groups in total. The molecule has 4 rings (SSSR count). The monoisotopic (exact) mass is 489 g/mol. The largest absolute Gasteiger partial charge is 0.376 e. The third kappa shape index (κ3) is 5.63. The lowest BCUT2D eigenvalue weighted by Crippen LogP contribution is -2.41. The first-order chi connectivity index (χ1) is 16.3. The van der Waals surface area contributed by atoms with Gasteiger partial charge in [0.2, 0.25) is 15.9 Å². The van der Waals surface area contributed by atoms with Crippen molar-refractivity contribution in [3.63, 3.8) is 0 Å². The molecule has 1 unspecified atom stereocenters. The van der Waals surface area contributed by atoms with Crippen LogP contribution in [0.2, 0.25) is 0 Å². The predicted octanol–water partition coefficient (Wildman–Crippen LogP) is 2.77. The summed E-state index contributed by atoms with van der Waals surface area (Å²) in [5.41, 5.74) is 0.781. The number of amides is 2. The number of hydrogen-bond donors (Lipinski definition) is 2. The van der Waals surface area contributed by atoms with E-state index in [1.807, 2.05) is 0 Å². The van der Waals surface area contributed by atoms with Crippen molar-refractivity contribution >= 4 is 27.5 Å². The van der Waals surface area contributed by atoms with Gasteiger partial charge >= 0.3 is 0 Å². The van der Waals surface area contributed by atoms with Gasteiger partial charge in [-0.05, 0) is 62.1 Å². The van der Waals surface area contributed by atoms with Crippen LogP contribution in [0, 0.1) is 11.7 Å². The van der Waals surface area contributed by atoms with E-state index in [1.54, 1.807) is 24.3 Å². The fourth-order valence-corrected chi connectivity index (χ4v) is 5.72. The first-order valence-electron chi connectivity index (χ1n) is 11.4. The summed E-state index contributed by atoms with van der Waals surface area (Å²) in [5, 5.41) is 5.70. The first kappa shape index (κ1) is 24.3. The molecule has 2 aromatic rings. The van der Waals surface area contributed by atoms with Gasteiger partial charge in [-0.25, -0.2) is 12.8 Å². The lowest BCUT2D eigenvalue weighted by Gasteiger charge is -2.30. The van der Waals surface area contributed by atoms with Crippen LogP contribution in [-0.2, 0) is 19.6 Å². The Morgan fingerprint density at radius 3 is 2.41 bits per heavy atom. The first-order valence-corrected chi connectivity index (χ1v) is 12.8. The van der Waals surface area contributed by atoms with E-state index in [9.17, 15) is 22.4 Å². The molecular weight excluding hydrogens is 461 g/mol. The SMILES string of the molecule is O=C(NCC1CCCO1)c1ccccc1NC(=O)C1CCN(S(=O)(=O)c2ccc(F)cc2)CC1. The highest BCUT2D eigenvalue weighted by atomic mass is 32.2. The maximum atomic E-state index is 13.1. The van der Waals surface area contributed by atoms with Gasteiger partial charge < -0.3 is 15.4 Å². The van der Waals surface area contributed by atoms with Crippen molar-refractivity contribution in [2.45, 2.75) is 36.7 Å². The molecule has 2 aliphatic heterocycles. The minimum absolute atomic E-state index is 0.0158. The number of nitrogens with one attached hydrogen (secondary N) is 2. The number of nitrogens with zero attached hydrogens (tertiary/aromatic N) is 1. The summed E-state index contributed by atoms with van der Waals surface area (Å²) >= 11 is 0. The highest BCUT2D eigenvalue weighted by Crippen LogP contribution is 2.26. The quantitative estimate of drug-likeness (QED) is 0.622. The fraction of sp³-hybridized carbons (Fsp3) is 0.417. The van der Waals surface area contributed by atoms with Crippen molar-refractivity contribution in [2.75, 3.05) is 31.6 Å². The topological polar surface area (TPSA) is 105 Å². The summed E-state index contributed by atoms with van der Waals surface area (Å²) in [6.07, 6.45) is 2.60. The smallest absolute Gasteiger partial charge is 0.253 e. The van der Waals surface area contributed by atoms with Crippen LogP contribution in [0.15, 0.2) is 53.4 Å². The van der Waals surface area contributed by atoms with E-state index in [0.717, 1.165) is 25.0 Å². The zero-order chi connectivity index (χ0) is 24.1. The Labute approximate surface area is 198 Å². The summed E-state index contributed by atoms with van der Waals surface area (Å²) in [4.78, 5) is 25.6. The van der Waals surface area contributed by atoms with Crippen LogP contribution in [0.3, 0.4) is 0 Å². The summed E-state index contributed by atoms with van der Waals surface area (Å²) in [7, 11) is -3.75. The number of para-hydroxylation sites is 1. The average Bonchev–Trinajstić information content (AvgIpc) is 3.37. The molecule has 10 heteroatoms. The molecule has 2 fully saturated rings. The van der Waals surface area contributed by atoms with Crippen molar-refractivity contribution in [3.05, 3.63) is 59.9 Å². The number of anilines is 1. The number of carbonyl (C=O) groups is 2. The lowest BCUT2D eigenvalue weighted by molar-refractivity contribution is -0.120. The molecule has 2 aliphatic rings. The van der Waals surface area contributed by atoms with E-state index in [1.165, 1.54) is 16.4 Å². The Morgan fingerprint density at radius 1 is 1.03 bits per heavy atom. The van der Waals surface area contributed by atoms with Gasteiger partial charge in [-0.15, -0.1) is 0 Å². The van der Waals surface area contributed by atoms with Crippen LogP contribution < -0.4 is 10.6 Å². The van der Waals surface area contributed by atoms with E-state index in [4.69, 9.17) is 4.74 Å². The van der Waals surface area contributed by atoms with Crippen LogP contribution >= 0.6 is 0 Å². The molecule has 2 saturated heterocycles. The summed E-state index contributed by atoms with van der Waals surface area (Å²) in [6, 6.07) is 11.5. The Balaban J connectivity index is 1.34. The summed E-state index contributed by atoms with van der Waals surface area (Å²) in [5.74, 6) is -1.43. The van der Waals surface area contributed by atoms with E-state index in [0.29, 0.717) is 37.2 Å². The Morgan fingerprint density at radius 2 is 1.74 bits per heavy atom. The van der Waals surface area contributed by atoms with Crippen molar-refractivity contribution in [3.8, 4) is 0 Å². The second kappa shape index (κ2) is 10.6. The maximum Gasteiger partial charge on any atom is 0.253 e. The van der Waals surface area contributed by atoms with Gasteiger partial charge in [0.25, 0.3) is 5.91 Å². The van der Waals surface area contributed by atoms with Gasteiger partial charge in [0.15, 0.2) is 0 Å². The number of ether oxygens (including phenoxy) is 1. The van der Waals surface area contributed by atoms with Crippen LogP contribution in [0.4, 0.5) is 10.1 Å². The van der Waals surface area contributed by atoms with Crippen molar-refractivity contribution in [1.29, 1.82) is 0 Å². The maximum absolute atomic E-state index is 13.1. The molecule has 0 aliphatic carbocycles. The van der Waals surface area contributed by atoms with Gasteiger partial charge in [0.1, 0.15) is 5.82 Å². The number of halogens is 1. The number of sulfonamides is 1. The normalized spacial score (nSPS) is 19.6. The highest BCUT2D eigenvalue weighted by molar-refractivity contribution is 7.89. The fourth-order valence-electron chi connectivity index (χ4n) is 4.25. The molecule has 182 valence electrons. The number of benzene rings is 2. The van der Waals surface area contributed by atoms with Gasteiger partial charge in [0, 0.05) is 32.2 Å². The van der Waals surface area contributed by atoms with Crippen LogP contribution in [0.5, 0.6) is 0 Å². The molecule has 34 heavy (non-hydrogen) atoms. The molecular formula is C24H28FN3O5S. The summed E-state index contributed by atoms with van der Waals surface area (Å²) in [6.45, 7) is 1.49. The zero-order valence-corrected chi connectivity index (χ0v) is 19.5. The minimum Gasteiger partial charge on any atom is -0.376 e. The lowest BCUT2D eigenvalue weighted by atomic mass is 9.97. The van der Waals surface area contributed by atoms with Gasteiger partial charge in [-0.2, -0.15) is 4.31 Å². The molecule has 8 nitrogen and oxygen atoms in total. The molecule has 0 bridgehead atoms. The second-order valence-corrected chi connectivity index (χ2v) is 10.5. The van der Waals surface area contributed by atoms with E-state index in [-0.39, 0.29) is 41.8 Å². The summed E-state index contributed by atoms with van der Waals surface area (Å²) < 4.78 is 45.6. The van der Waals surface area contributed by atoms with Gasteiger partial charge in [0.05, 0.1) is 22.3 Å². The van der Waals surface area contributed by atoms with E-state index >= 15 is 0 Å². The van der Waals surface area contributed by atoms with Crippen molar-refractivity contribution < 1.29 is 27.1 Å². The van der Waals surface area contributed by atoms with Crippen molar-refractivity contribution in [1.82, 2.24) is 9.62 Å². The van der Waals surface area contributed by atoms with E-state index in [2.05, 4.69) is 10.6 Å². The molecule has 0 radical (unpaired) electrons. The molecule has 2 heterocycles. The number of hydrogen-bond acceptors (Lipinski definition) is 5. The third-order valence-corrected chi connectivity index (χ3v) is 8.13. The van der Waals surface area contributed by atoms with Crippen LogP contribution in [0.25, 0.3) is 0 Å². The Hall–Kier alpha value is -2.82.